The summed E-state index contributed by atoms with van der Waals surface area (Å²) in [6, 6.07) is 20.8. The number of halogens is 1. The molecule has 2 amide bonds. The van der Waals surface area contributed by atoms with Crippen LogP contribution in [0.5, 0.6) is 17.2 Å². The number of methoxy groups -OCH3 is 3. The minimum Gasteiger partial charge on any atom is -0.497 e. The molecule has 1 saturated heterocycles. The highest BCUT2D eigenvalue weighted by Gasteiger charge is 2.38. The molecule has 0 N–H and O–H groups in total. The van der Waals surface area contributed by atoms with Gasteiger partial charge in [-0.3, -0.25) is 14.5 Å². The molecule has 0 bridgehead atoms. The number of rotatable bonds is 8. The van der Waals surface area contributed by atoms with Crippen LogP contribution in [-0.2, 0) is 9.59 Å². The Kier molecular flexibility index (Phi) is 8.72. The van der Waals surface area contributed by atoms with Crippen molar-refractivity contribution >= 4 is 41.0 Å². The summed E-state index contributed by atoms with van der Waals surface area (Å²) < 4.78 is 18.3. The average molecular weight is 633 g/mol. The number of hydrogen-bond acceptors (Lipinski definition) is 7. The predicted molar refractivity (Wildman–Crippen MR) is 173 cm³/mol. The predicted octanol–water partition coefficient (Wildman–Crippen LogP) is 6.01. The van der Waals surface area contributed by atoms with Crippen LogP contribution in [0.4, 0.5) is 5.82 Å². The molecular weight excluding hydrogens is 600 g/mol. The maximum Gasteiger partial charge on any atom is 0.242 e. The summed E-state index contributed by atoms with van der Waals surface area (Å²) in [4.78, 5) is 31.0. The Hall–Kier alpha value is -4.15. The van der Waals surface area contributed by atoms with Gasteiger partial charge in [0.15, 0.2) is 11.5 Å². The van der Waals surface area contributed by atoms with Gasteiger partial charge in [0.05, 0.1) is 43.7 Å². The molecule has 0 unspecified atom stereocenters. The highest BCUT2D eigenvalue weighted by atomic mass is 35.5. The Morgan fingerprint density at radius 3 is 2.30 bits per heavy atom. The molecule has 0 saturated carbocycles. The average Bonchev–Trinajstić information content (AvgIpc) is 3.71. The van der Waals surface area contributed by atoms with Gasteiger partial charge in [0, 0.05) is 29.2 Å². The first kappa shape index (κ1) is 29.9. The zero-order valence-corrected chi connectivity index (χ0v) is 26.4. The van der Waals surface area contributed by atoms with Crippen LogP contribution in [0, 0.1) is 0 Å². The van der Waals surface area contributed by atoms with E-state index in [0.29, 0.717) is 46.9 Å². The standard InChI is InChI=1S/C33H33ClN4O5S/c1-41-25-13-11-24(12-14-25)38-33-30(31(35-38)21-6-9-23(34)10-7-21)32(22-8-15-26(42-2)27(18-22)43-3)44-20-29(40)37(33)19-28(39)36-16-4-5-17-36/h6-15,18,32H,4-5,16-17,19-20H2,1-3H3/t32-/m0/s1. The van der Waals surface area contributed by atoms with Crippen molar-refractivity contribution in [3.05, 3.63) is 82.9 Å². The quantitative estimate of drug-likeness (QED) is 0.235. The Morgan fingerprint density at radius 2 is 1.64 bits per heavy atom. The van der Waals surface area contributed by atoms with E-state index >= 15 is 0 Å². The summed E-state index contributed by atoms with van der Waals surface area (Å²) in [6.45, 7) is 1.32. The number of benzene rings is 3. The van der Waals surface area contributed by atoms with Crippen molar-refractivity contribution in [2.24, 2.45) is 0 Å². The number of nitrogens with zero attached hydrogens (tertiary/aromatic N) is 4. The van der Waals surface area contributed by atoms with Crippen LogP contribution < -0.4 is 19.1 Å². The lowest BCUT2D eigenvalue weighted by Gasteiger charge is -2.25. The van der Waals surface area contributed by atoms with Crippen molar-refractivity contribution in [1.82, 2.24) is 14.7 Å². The topological polar surface area (TPSA) is 86.1 Å². The maximum atomic E-state index is 14.0. The Morgan fingerprint density at radius 1 is 0.932 bits per heavy atom. The molecule has 2 aliphatic rings. The number of carbonyl (C=O) groups excluding carboxylic acids is 2. The number of ether oxygens (including phenoxy) is 3. The van der Waals surface area contributed by atoms with Crippen LogP contribution in [0.15, 0.2) is 66.7 Å². The lowest BCUT2D eigenvalue weighted by Crippen LogP contribution is -2.43. The fraction of sp³-hybridized carbons (Fsp3) is 0.303. The van der Waals surface area contributed by atoms with Crippen molar-refractivity contribution < 1.29 is 23.8 Å². The molecule has 1 aromatic heterocycles. The normalized spacial score (nSPS) is 16.5. The molecule has 3 aromatic carbocycles. The largest absolute Gasteiger partial charge is 0.497 e. The van der Waals surface area contributed by atoms with E-state index in [1.54, 1.807) is 30.9 Å². The summed E-state index contributed by atoms with van der Waals surface area (Å²) >= 11 is 7.78. The summed E-state index contributed by atoms with van der Waals surface area (Å²) in [6.07, 6.45) is 1.93. The summed E-state index contributed by atoms with van der Waals surface area (Å²) in [5.41, 5.74) is 3.99. The third-order valence-corrected chi connectivity index (χ3v) is 9.49. The molecule has 4 aromatic rings. The molecular formula is C33H33ClN4O5S. The van der Waals surface area contributed by atoms with E-state index in [9.17, 15) is 9.59 Å². The maximum absolute atomic E-state index is 14.0. The Balaban J connectivity index is 1.60. The number of thioether (sulfide) groups is 1. The number of aromatic nitrogens is 2. The van der Waals surface area contributed by atoms with Crippen LogP contribution >= 0.6 is 23.4 Å². The molecule has 0 radical (unpaired) electrons. The minimum absolute atomic E-state index is 0.0764. The van der Waals surface area contributed by atoms with Crippen molar-refractivity contribution in [1.29, 1.82) is 0 Å². The van der Waals surface area contributed by atoms with Crippen LogP contribution in [0.3, 0.4) is 0 Å². The number of carbonyl (C=O) groups is 2. The van der Waals surface area contributed by atoms with Gasteiger partial charge in [0.1, 0.15) is 18.1 Å². The van der Waals surface area contributed by atoms with E-state index in [4.69, 9.17) is 30.9 Å². The lowest BCUT2D eigenvalue weighted by atomic mass is 9.99. The van der Waals surface area contributed by atoms with Crippen molar-refractivity contribution in [3.8, 4) is 34.2 Å². The molecule has 2 aliphatic heterocycles. The van der Waals surface area contributed by atoms with Crippen LogP contribution in [0.25, 0.3) is 16.9 Å². The first-order valence-corrected chi connectivity index (χ1v) is 15.8. The molecule has 228 valence electrons. The second kappa shape index (κ2) is 12.8. The zero-order chi connectivity index (χ0) is 30.8. The molecule has 0 aliphatic carbocycles. The third kappa shape index (κ3) is 5.71. The van der Waals surface area contributed by atoms with Crippen molar-refractivity contribution in [3.63, 3.8) is 0 Å². The zero-order valence-electron chi connectivity index (χ0n) is 24.8. The summed E-state index contributed by atoms with van der Waals surface area (Å²) in [5, 5.41) is 5.43. The van der Waals surface area contributed by atoms with Gasteiger partial charge in [0.25, 0.3) is 0 Å². The van der Waals surface area contributed by atoms with Gasteiger partial charge in [-0.1, -0.05) is 29.8 Å². The van der Waals surface area contributed by atoms with Gasteiger partial charge in [-0.05, 0) is 66.9 Å². The molecule has 3 heterocycles. The second-order valence-corrected chi connectivity index (χ2v) is 12.1. The fourth-order valence-electron chi connectivity index (χ4n) is 5.72. The SMILES string of the molecule is COc1ccc(-n2nc(-c3ccc(Cl)cc3)c3c2N(CC(=O)N2CCCC2)C(=O)CS[C@H]3c2ccc(OC)c(OC)c2)cc1. The molecule has 9 nitrogen and oxygen atoms in total. The van der Waals surface area contributed by atoms with E-state index in [1.165, 1.54) is 11.8 Å². The Bertz CT molecular complexity index is 1670. The van der Waals surface area contributed by atoms with Gasteiger partial charge in [-0.25, -0.2) is 4.68 Å². The van der Waals surface area contributed by atoms with Gasteiger partial charge in [0.2, 0.25) is 11.8 Å². The van der Waals surface area contributed by atoms with Gasteiger partial charge in [-0.2, -0.15) is 5.10 Å². The van der Waals surface area contributed by atoms with E-state index in [2.05, 4.69) is 0 Å². The number of hydrogen-bond donors (Lipinski definition) is 0. The van der Waals surface area contributed by atoms with E-state index in [0.717, 1.165) is 35.2 Å². The summed E-state index contributed by atoms with van der Waals surface area (Å²) in [7, 11) is 4.81. The number of fused-ring (bicyclic) bond motifs is 1. The molecule has 6 rings (SSSR count). The van der Waals surface area contributed by atoms with Crippen LogP contribution in [-0.4, -0.2) is 73.2 Å². The van der Waals surface area contributed by atoms with Crippen molar-refractivity contribution in [2.75, 3.05) is 51.6 Å². The van der Waals surface area contributed by atoms with E-state index < -0.39 is 0 Å². The monoisotopic (exact) mass is 632 g/mol. The van der Waals surface area contributed by atoms with E-state index in [1.807, 2.05) is 71.6 Å². The first-order valence-electron chi connectivity index (χ1n) is 14.4. The molecule has 0 spiro atoms. The van der Waals surface area contributed by atoms with Gasteiger partial charge < -0.3 is 19.1 Å². The minimum atomic E-state index is -0.321. The van der Waals surface area contributed by atoms with Crippen LogP contribution in [0.2, 0.25) is 5.02 Å². The highest BCUT2D eigenvalue weighted by Crippen LogP contribution is 2.49. The van der Waals surface area contributed by atoms with Crippen molar-refractivity contribution in [2.45, 2.75) is 18.1 Å². The molecule has 1 fully saturated rings. The lowest BCUT2D eigenvalue weighted by molar-refractivity contribution is -0.130. The summed E-state index contributed by atoms with van der Waals surface area (Å²) in [5.74, 6) is 2.37. The first-order chi connectivity index (χ1) is 21.4. The Labute approximate surface area is 265 Å². The highest BCUT2D eigenvalue weighted by molar-refractivity contribution is 8.00. The number of anilines is 1. The fourth-order valence-corrected chi connectivity index (χ4v) is 7.04. The second-order valence-electron chi connectivity index (χ2n) is 10.6. The number of amides is 2. The number of likely N-dealkylation sites (tertiary alicyclic amines) is 1. The van der Waals surface area contributed by atoms with Gasteiger partial charge in [-0.15, -0.1) is 11.8 Å². The smallest absolute Gasteiger partial charge is 0.242 e. The molecule has 44 heavy (non-hydrogen) atoms. The molecule has 11 heteroatoms. The van der Waals surface area contributed by atoms with Crippen LogP contribution in [0.1, 0.15) is 29.2 Å². The molecule has 1 atom stereocenters. The van der Waals surface area contributed by atoms with E-state index in [-0.39, 0.29) is 29.4 Å². The van der Waals surface area contributed by atoms with Gasteiger partial charge >= 0.3 is 0 Å². The third-order valence-electron chi connectivity index (χ3n) is 7.99.